The molecule has 3 N–H and O–H groups in total. The summed E-state index contributed by atoms with van der Waals surface area (Å²) in [5.74, 6) is -0.340. The summed E-state index contributed by atoms with van der Waals surface area (Å²) in [7, 11) is 0. The molecule has 0 bridgehead atoms. The molecule has 0 aliphatic rings. The van der Waals surface area contributed by atoms with E-state index in [2.05, 4.69) is 15.3 Å². The van der Waals surface area contributed by atoms with E-state index in [-0.39, 0.29) is 11.7 Å². The number of nitrogens with one attached hydrogen (secondary N) is 2. The Morgan fingerprint density at radius 3 is 2.37 bits per heavy atom. The minimum absolute atomic E-state index is 0.0652. The molecule has 0 aliphatic heterocycles. The molecule has 0 saturated carbocycles. The smallest absolute Gasteiger partial charge is 0.232 e. The Balaban J connectivity index is 1.63. The number of aryl methyl sites for hydroxylation is 1. The van der Waals surface area contributed by atoms with Crippen molar-refractivity contribution in [1.29, 1.82) is 0 Å². The molecule has 0 fully saturated rings. The van der Waals surface area contributed by atoms with Gasteiger partial charge in [0.05, 0.1) is 12.2 Å². The van der Waals surface area contributed by atoms with Crippen molar-refractivity contribution < 1.29 is 9.90 Å². The Kier molecular flexibility index (Phi) is 6.49. The highest BCUT2D eigenvalue weighted by Gasteiger charge is 2.22. The van der Waals surface area contributed by atoms with Gasteiger partial charge in [0, 0.05) is 23.5 Å². The first-order valence-electron chi connectivity index (χ1n) is 8.93. The number of hydrogen-bond acceptors (Lipinski definition) is 3. The maximum absolute atomic E-state index is 12.9. The van der Waals surface area contributed by atoms with Crippen LogP contribution in [0.15, 0.2) is 61.1 Å². The number of aromatic amines is 1. The van der Waals surface area contributed by atoms with Crippen LogP contribution >= 0.6 is 11.6 Å². The predicted octanol–water partition coefficient (Wildman–Crippen LogP) is 4.04. The summed E-state index contributed by atoms with van der Waals surface area (Å²) in [6.07, 6.45) is 6.25. The second-order valence-corrected chi connectivity index (χ2v) is 6.84. The zero-order chi connectivity index (χ0) is 19.1. The van der Waals surface area contributed by atoms with Gasteiger partial charge in [0.2, 0.25) is 5.91 Å². The van der Waals surface area contributed by atoms with Gasteiger partial charge in [0.15, 0.2) is 0 Å². The number of unbranched alkanes of at least 4 members (excludes halogenated alkanes) is 1. The summed E-state index contributed by atoms with van der Waals surface area (Å²) < 4.78 is 0. The molecule has 6 heteroatoms. The number of imidazole rings is 1. The third-order valence-corrected chi connectivity index (χ3v) is 4.67. The van der Waals surface area contributed by atoms with E-state index >= 15 is 0 Å². The first-order chi connectivity index (χ1) is 13.1. The number of halogens is 1. The molecule has 27 heavy (non-hydrogen) atoms. The summed E-state index contributed by atoms with van der Waals surface area (Å²) >= 11 is 5.98. The van der Waals surface area contributed by atoms with Gasteiger partial charge in [-0.2, -0.15) is 0 Å². The molecular weight excluding hydrogens is 362 g/mol. The second kappa shape index (κ2) is 9.24. The molecule has 0 aliphatic carbocycles. The number of H-pyrrole nitrogens is 1. The minimum Gasteiger partial charge on any atom is -0.508 e. The summed E-state index contributed by atoms with van der Waals surface area (Å²) in [5.41, 5.74) is 2.79. The maximum atomic E-state index is 12.9. The molecule has 5 nitrogen and oxygen atoms in total. The number of nitrogens with zero attached hydrogens (tertiary/aromatic N) is 1. The fourth-order valence-corrected chi connectivity index (χ4v) is 3.12. The van der Waals surface area contributed by atoms with Gasteiger partial charge < -0.3 is 15.4 Å². The zero-order valence-electron chi connectivity index (χ0n) is 14.9. The van der Waals surface area contributed by atoms with Crippen molar-refractivity contribution in [3.05, 3.63) is 82.9 Å². The first kappa shape index (κ1) is 19.0. The van der Waals surface area contributed by atoms with E-state index in [1.54, 1.807) is 42.7 Å². The van der Waals surface area contributed by atoms with Crippen molar-refractivity contribution in [3.63, 3.8) is 0 Å². The number of hydrogen-bond donors (Lipinski definition) is 3. The molecule has 1 atom stereocenters. The Bertz CT molecular complexity index is 801. The molecule has 3 rings (SSSR count). The van der Waals surface area contributed by atoms with Crippen LogP contribution in [0.1, 0.15) is 35.6 Å². The van der Waals surface area contributed by atoms with E-state index < -0.39 is 5.92 Å². The Labute approximate surface area is 163 Å². The molecular formula is C21H22ClN3O2. The summed E-state index contributed by atoms with van der Waals surface area (Å²) in [6, 6.07) is 14.0. The molecule has 1 heterocycles. The number of carbonyl (C=O) groups excluding carboxylic acids is 1. The third-order valence-electron chi connectivity index (χ3n) is 4.42. The third kappa shape index (κ3) is 5.34. The number of phenols is 1. The molecule has 0 saturated heterocycles. The van der Waals surface area contributed by atoms with Gasteiger partial charge in [0.25, 0.3) is 0 Å². The average molecular weight is 384 g/mol. The number of amides is 1. The standard InChI is InChI=1S/C21H22ClN3O2/c22-17-8-4-15(5-9-17)20(16-6-10-19(26)11-7-16)21(27)24-12-2-1-3-18-13-23-14-25-18/h4-11,13-14,20,26H,1-3,12H2,(H,23,25)(H,24,27). The highest BCUT2D eigenvalue weighted by atomic mass is 35.5. The van der Waals surface area contributed by atoms with Crippen molar-refractivity contribution in [2.24, 2.45) is 0 Å². The average Bonchev–Trinajstić information content (AvgIpc) is 3.18. The Hall–Kier alpha value is -2.79. The van der Waals surface area contributed by atoms with E-state index in [1.165, 1.54) is 0 Å². The fraction of sp³-hybridized carbons (Fsp3) is 0.238. The molecule has 0 radical (unpaired) electrons. The van der Waals surface area contributed by atoms with Gasteiger partial charge in [-0.15, -0.1) is 0 Å². The van der Waals surface area contributed by atoms with Gasteiger partial charge in [-0.1, -0.05) is 35.9 Å². The van der Waals surface area contributed by atoms with E-state index in [1.807, 2.05) is 18.3 Å². The lowest BCUT2D eigenvalue weighted by atomic mass is 9.90. The quantitative estimate of drug-likeness (QED) is 0.514. The normalized spacial score (nSPS) is 11.9. The fourth-order valence-electron chi connectivity index (χ4n) is 2.99. The lowest BCUT2D eigenvalue weighted by molar-refractivity contribution is -0.121. The zero-order valence-corrected chi connectivity index (χ0v) is 15.6. The number of benzene rings is 2. The van der Waals surface area contributed by atoms with Crippen molar-refractivity contribution in [1.82, 2.24) is 15.3 Å². The second-order valence-electron chi connectivity index (χ2n) is 6.40. The molecule has 1 aromatic heterocycles. The highest BCUT2D eigenvalue weighted by molar-refractivity contribution is 6.30. The van der Waals surface area contributed by atoms with Gasteiger partial charge in [-0.05, 0) is 54.7 Å². The van der Waals surface area contributed by atoms with Crippen LogP contribution in [-0.2, 0) is 11.2 Å². The number of carbonyl (C=O) groups is 1. The summed E-state index contributed by atoms with van der Waals surface area (Å²) in [6.45, 7) is 0.606. The monoisotopic (exact) mass is 383 g/mol. The molecule has 3 aromatic rings. The van der Waals surface area contributed by atoms with Crippen LogP contribution in [-0.4, -0.2) is 27.5 Å². The van der Waals surface area contributed by atoms with Crippen LogP contribution < -0.4 is 5.32 Å². The van der Waals surface area contributed by atoms with Crippen LogP contribution in [0.5, 0.6) is 5.75 Å². The lowest BCUT2D eigenvalue weighted by Crippen LogP contribution is -2.30. The molecule has 1 unspecified atom stereocenters. The summed E-state index contributed by atoms with van der Waals surface area (Å²) in [5, 5.41) is 13.2. The number of aromatic nitrogens is 2. The van der Waals surface area contributed by atoms with Crippen molar-refractivity contribution in [3.8, 4) is 5.75 Å². The van der Waals surface area contributed by atoms with E-state index in [9.17, 15) is 9.90 Å². The van der Waals surface area contributed by atoms with Crippen LogP contribution in [0, 0.1) is 0 Å². The maximum Gasteiger partial charge on any atom is 0.232 e. The molecule has 140 valence electrons. The lowest BCUT2D eigenvalue weighted by Gasteiger charge is -2.18. The Morgan fingerprint density at radius 1 is 1.07 bits per heavy atom. The van der Waals surface area contributed by atoms with Crippen LogP contribution in [0.4, 0.5) is 0 Å². The molecule has 0 spiro atoms. The minimum atomic E-state index is -0.449. The SMILES string of the molecule is O=C(NCCCCc1cnc[nH]1)C(c1ccc(O)cc1)c1ccc(Cl)cc1. The van der Waals surface area contributed by atoms with Crippen molar-refractivity contribution in [2.45, 2.75) is 25.2 Å². The number of rotatable bonds is 8. The molecule has 1 amide bonds. The van der Waals surface area contributed by atoms with Gasteiger partial charge in [-0.25, -0.2) is 4.98 Å². The first-order valence-corrected chi connectivity index (χ1v) is 9.30. The van der Waals surface area contributed by atoms with Gasteiger partial charge in [0.1, 0.15) is 5.75 Å². The topological polar surface area (TPSA) is 78.0 Å². The van der Waals surface area contributed by atoms with Gasteiger partial charge in [-0.3, -0.25) is 4.79 Å². The molecule has 2 aromatic carbocycles. The van der Waals surface area contributed by atoms with E-state index in [4.69, 9.17) is 11.6 Å². The number of aromatic hydroxyl groups is 1. The van der Waals surface area contributed by atoms with Crippen LogP contribution in [0.2, 0.25) is 5.02 Å². The number of phenolic OH excluding ortho intramolecular Hbond substituents is 1. The van der Waals surface area contributed by atoms with Crippen molar-refractivity contribution >= 4 is 17.5 Å². The van der Waals surface area contributed by atoms with Crippen LogP contribution in [0.25, 0.3) is 0 Å². The highest BCUT2D eigenvalue weighted by Crippen LogP contribution is 2.27. The van der Waals surface area contributed by atoms with E-state index in [0.717, 1.165) is 36.1 Å². The Morgan fingerprint density at radius 2 is 1.74 bits per heavy atom. The van der Waals surface area contributed by atoms with E-state index in [0.29, 0.717) is 11.6 Å². The van der Waals surface area contributed by atoms with Crippen LogP contribution in [0.3, 0.4) is 0 Å². The van der Waals surface area contributed by atoms with Crippen molar-refractivity contribution in [2.75, 3.05) is 6.54 Å². The van der Waals surface area contributed by atoms with Gasteiger partial charge >= 0.3 is 0 Å². The predicted molar refractivity (Wildman–Crippen MR) is 106 cm³/mol. The summed E-state index contributed by atoms with van der Waals surface area (Å²) in [4.78, 5) is 20.0. The largest absolute Gasteiger partial charge is 0.508 e.